The molecule has 0 saturated carbocycles. The van der Waals surface area contributed by atoms with Gasteiger partial charge >= 0.3 is 0 Å². The van der Waals surface area contributed by atoms with Crippen molar-refractivity contribution < 1.29 is 9.59 Å². The van der Waals surface area contributed by atoms with Gasteiger partial charge in [-0.3, -0.25) is 9.59 Å². The maximum atomic E-state index is 13.1. The molecule has 1 aromatic heterocycles. The third kappa shape index (κ3) is 2.61. The lowest BCUT2D eigenvalue weighted by atomic mass is 9.84. The summed E-state index contributed by atoms with van der Waals surface area (Å²) in [7, 11) is 1.73. The topological polar surface area (TPSA) is 78.4 Å². The number of carbonyl (C=O) groups is 2. The third-order valence-corrected chi connectivity index (χ3v) is 5.13. The summed E-state index contributed by atoms with van der Waals surface area (Å²) in [5.74, 6) is 0.430. The van der Waals surface area contributed by atoms with E-state index in [1.807, 2.05) is 18.7 Å². The van der Waals surface area contributed by atoms with Gasteiger partial charge in [-0.25, -0.2) is 9.97 Å². The van der Waals surface area contributed by atoms with Gasteiger partial charge in [0.05, 0.1) is 5.56 Å². The van der Waals surface area contributed by atoms with Gasteiger partial charge in [0, 0.05) is 38.6 Å². The Kier molecular flexibility index (Phi) is 4.43. The molecule has 3 rings (SSSR count). The highest BCUT2D eigenvalue weighted by molar-refractivity contribution is 5.99. The van der Waals surface area contributed by atoms with Gasteiger partial charge in [0.2, 0.25) is 11.9 Å². The van der Waals surface area contributed by atoms with Crippen LogP contribution in [0.15, 0.2) is 12.4 Å². The van der Waals surface area contributed by atoms with Crippen molar-refractivity contribution in [2.45, 2.75) is 51.1 Å². The fraction of sp³-hybridized carbons (Fsp3) is 0.647. The zero-order valence-electron chi connectivity index (χ0n) is 14.6. The molecule has 7 nitrogen and oxygen atoms in total. The second kappa shape index (κ2) is 6.37. The molecule has 24 heavy (non-hydrogen) atoms. The van der Waals surface area contributed by atoms with Gasteiger partial charge in [0.25, 0.3) is 5.91 Å². The van der Waals surface area contributed by atoms with Crippen LogP contribution in [-0.2, 0) is 4.79 Å². The summed E-state index contributed by atoms with van der Waals surface area (Å²) >= 11 is 0. The van der Waals surface area contributed by atoms with E-state index in [1.54, 1.807) is 11.9 Å². The minimum atomic E-state index is -0.679. The summed E-state index contributed by atoms with van der Waals surface area (Å²) < 4.78 is 0. The first-order chi connectivity index (χ1) is 11.5. The lowest BCUT2D eigenvalue weighted by Crippen LogP contribution is -2.62. The van der Waals surface area contributed by atoms with Gasteiger partial charge in [-0.05, 0) is 39.5 Å². The Morgan fingerprint density at radius 3 is 2.42 bits per heavy atom. The summed E-state index contributed by atoms with van der Waals surface area (Å²) in [5, 5.41) is 2.84. The van der Waals surface area contributed by atoms with Gasteiger partial charge in [0.1, 0.15) is 5.54 Å². The van der Waals surface area contributed by atoms with Gasteiger partial charge in [-0.15, -0.1) is 0 Å². The Balaban J connectivity index is 1.88. The predicted molar refractivity (Wildman–Crippen MR) is 90.7 cm³/mol. The maximum absolute atomic E-state index is 13.1. The maximum Gasteiger partial charge on any atom is 0.257 e. The molecular weight excluding hydrogens is 306 g/mol. The fourth-order valence-corrected chi connectivity index (χ4v) is 3.89. The van der Waals surface area contributed by atoms with E-state index in [2.05, 4.69) is 15.3 Å². The summed E-state index contributed by atoms with van der Waals surface area (Å²) in [4.78, 5) is 38.0. The number of piperidine rings is 1. The van der Waals surface area contributed by atoms with E-state index in [-0.39, 0.29) is 17.9 Å². The highest BCUT2D eigenvalue weighted by Crippen LogP contribution is 2.39. The molecule has 0 radical (unpaired) electrons. The van der Waals surface area contributed by atoms with Crippen LogP contribution in [0.2, 0.25) is 0 Å². The number of nitrogens with one attached hydrogen (secondary N) is 1. The zero-order valence-corrected chi connectivity index (χ0v) is 14.6. The molecule has 2 amide bonds. The molecule has 0 bridgehead atoms. The lowest BCUT2D eigenvalue weighted by molar-refractivity contribution is -0.147. The molecule has 2 aliphatic rings. The van der Waals surface area contributed by atoms with Crippen LogP contribution >= 0.6 is 0 Å². The molecule has 7 heteroatoms. The molecule has 1 atom stereocenters. The van der Waals surface area contributed by atoms with Crippen molar-refractivity contribution in [2.24, 2.45) is 0 Å². The number of nitrogens with zero attached hydrogens (tertiary/aromatic N) is 4. The van der Waals surface area contributed by atoms with E-state index in [1.165, 1.54) is 12.4 Å². The van der Waals surface area contributed by atoms with Crippen molar-refractivity contribution in [1.29, 1.82) is 0 Å². The van der Waals surface area contributed by atoms with Crippen LogP contribution < -0.4 is 5.32 Å². The van der Waals surface area contributed by atoms with Crippen LogP contribution in [0.3, 0.4) is 0 Å². The normalized spacial score (nSPS) is 24.1. The second-order valence-electron chi connectivity index (χ2n) is 6.83. The van der Waals surface area contributed by atoms with Crippen molar-refractivity contribution in [2.75, 3.05) is 25.5 Å². The zero-order chi connectivity index (χ0) is 17.3. The number of aromatic nitrogens is 2. The van der Waals surface area contributed by atoms with Gasteiger partial charge in [-0.2, -0.15) is 0 Å². The Labute approximate surface area is 142 Å². The Morgan fingerprint density at radius 2 is 1.83 bits per heavy atom. The average Bonchev–Trinajstić information content (AvgIpc) is 3.01. The molecule has 1 unspecified atom stereocenters. The molecular formula is C17H25N5O2. The lowest BCUT2D eigenvalue weighted by Gasteiger charge is -2.46. The number of rotatable bonds is 3. The number of anilines is 1. The monoisotopic (exact) mass is 331 g/mol. The number of likely N-dealkylation sites (tertiary alicyclic amines) is 2. The van der Waals surface area contributed by atoms with E-state index in [0.717, 1.165) is 32.2 Å². The van der Waals surface area contributed by atoms with Crippen molar-refractivity contribution >= 4 is 17.8 Å². The minimum Gasteiger partial charge on any atom is -0.357 e. The van der Waals surface area contributed by atoms with Gasteiger partial charge in [-0.1, -0.05) is 0 Å². The predicted octanol–water partition coefficient (Wildman–Crippen LogP) is 1.52. The second-order valence-corrected chi connectivity index (χ2v) is 6.83. The first-order valence-corrected chi connectivity index (χ1v) is 8.62. The van der Waals surface area contributed by atoms with Crippen molar-refractivity contribution in [3.8, 4) is 0 Å². The van der Waals surface area contributed by atoms with E-state index in [0.29, 0.717) is 18.1 Å². The molecule has 1 aromatic rings. The number of carbonyl (C=O) groups excluding carboxylic acids is 2. The number of amides is 2. The Hall–Kier alpha value is -2.18. The van der Waals surface area contributed by atoms with Crippen molar-refractivity contribution in [3.05, 3.63) is 18.0 Å². The van der Waals surface area contributed by atoms with E-state index >= 15 is 0 Å². The van der Waals surface area contributed by atoms with E-state index < -0.39 is 5.54 Å². The van der Waals surface area contributed by atoms with E-state index in [9.17, 15) is 9.59 Å². The first-order valence-electron chi connectivity index (χ1n) is 8.62. The third-order valence-electron chi connectivity index (χ3n) is 5.13. The highest BCUT2D eigenvalue weighted by atomic mass is 16.2. The van der Waals surface area contributed by atoms with Crippen molar-refractivity contribution in [1.82, 2.24) is 19.8 Å². The largest absolute Gasteiger partial charge is 0.357 e. The molecule has 1 spiro atoms. The number of hydrogen-bond donors (Lipinski definition) is 1. The van der Waals surface area contributed by atoms with Crippen LogP contribution in [0, 0.1) is 0 Å². The molecule has 1 N–H and O–H groups in total. The van der Waals surface area contributed by atoms with Gasteiger partial charge < -0.3 is 15.1 Å². The standard InChI is InChI=1S/C17H25N5O2/c1-12(2)21-8-4-6-17(15(21)24)7-5-9-22(17)14(23)13-10-19-16(18-3)20-11-13/h10-12H,4-9H2,1-3H3,(H,18,19,20). The molecule has 3 heterocycles. The fourth-order valence-electron chi connectivity index (χ4n) is 3.89. The summed E-state index contributed by atoms with van der Waals surface area (Å²) in [6.45, 7) is 5.45. The van der Waals surface area contributed by atoms with Gasteiger partial charge in [0.15, 0.2) is 0 Å². The molecule has 0 aromatic carbocycles. The first kappa shape index (κ1) is 16.7. The average molecular weight is 331 g/mol. The smallest absolute Gasteiger partial charge is 0.257 e. The number of hydrogen-bond acceptors (Lipinski definition) is 5. The minimum absolute atomic E-state index is 0.0994. The van der Waals surface area contributed by atoms with Crippen LogP contribution in [-0.4, -0.2) is 63.3 Å². The molecule has 2 fully saturated rings. The van der Waals surface area contributed by atoms with E-state index in [4.69, 9.17) is 0 Å². The van der Waals surface area contributed by atoms with Crippen LogP contribution in [0.4, 0.5) is 5.95 Å². The van der Waals surface area contributed by atoms with Crippen LogP contribution in [0.25, 0.3) is 0 Å². The summed E-state index contributed by atoms with van der Waals surface area (Å²) in [6.07, 6.45) is 6.34. The SMILES string of the molecule is CNc1ncc(C(=O)N2CCCC23CCCN(C(C)C)C3=O)cn1. The Bertz CT molecular complexity index is 630. The molecule has 0 aliphatic carbocycles. The molecule has 130 valence electrons. The Morgan fingerprint density at radius 1 is 1.21 bits per heavy atom. The van der Waals surface area contributed by atoms with Crippen molar-refractivity contribution in [3.63, 3.8) is 0 Å². The quantitative estimate of drug-likeness (QED) is 0.908. The molecule has 2 saturated heterocycles. The van der Waals surface area contributed by atoms with Crippen LogP contribution in [0.5, 0.6) is 0 Å². The van der Waals surface area contributed by atoms with Crippen LogP contribution in [0.1, 0.15) is 49.9 Å². The highest BCUT2D eigenvalue weighted by Gasteiger charge is 2.53. The summed E-state index contributed by atoms with van der Waals surface area (Å²) in [5.41, 5.74) is -0.244. The molecule has 2 aliphatic heterocycles. The summed E-state index contributed by atoms with van der Waals surface area (Å²) in [6, 6.07) is 0.158.